The fourth-order valence-electron chi connectivity index (χ4n) is 2.66. The highest BCUT2D eigenvalue weighted by molar-refractivity contribution is 8.13. The molecule has 0 atom stereocenters. The van der Waals surface area contributed by atoms with E-state index >= 15 is 0 Å². The van der Waals surface area contributed by atoms with Crippen molar-refractivity contribution in [3.8, 4) is 0 Å². The molecule has 0 saturated heterocycles. The predicted octanol–water partition coefficient (Wildman–Crippen LogP) is 6.48. The summed E-state index contributed by atoms with van der Waals surface area (Å²) < 4.78 is 0. The molecule has 3 N–H and O–H groups in total. The van der Waals surface area contributed by atoms with Gasteiger partial charge in [-0.1, -0.05) is 109 Å². The second kappa shape index (κ2) is 17.9. The minimum Gasteiger partial charge on any atom is -0.379 e. The van der Waals surface area contributed by atoms with Gasteiger partial charge >= 0.3 is 0 Å². The lowest BCUT2D eigenvalue weighted by atomic mass is 10.0. The lowest BCUT2D eigenvalue weighted by molar-refractivity contribution is 0.535. The van der Waals surface area contributed by atoms with Crippen LogP contribution in [0.3, 0.4) is 0 Å². The summed E-state index contributed by atoms with van der Waals surface area (Å²) in [7, 11) is 0. The van der Waals surface area contributed by atoms with Crippen LogP contribution >= 0.6 is 11.8 Å². The van der Waals surface area contributed by atoms with E-state index in [4.69, 9.17) is 11.1 Å². The van der Waals surface area contributed by atoms with Crippen LogP contribution in [0.1, 0.15) is 103 Å². The number of hydrogen-bond donors (Lipinski definition) is 2. The fourth-order valence-corrected chi connectivity index (χ4v) is 3.22. The Balaban J connectivity index is 2.95. The van der Waals surface area contributed by atoms with Crippen LogP contribution < -0.4 is 5.73 Å². The molecule has 0 aromatic carbocycles. The van der Waals surface area contributed by atoms with E-state index in [0.717, 1.165) is 5.75 Å². The Morgan fingerprint density at radius 3 is 1.33 bits per heavy atom. The standard InChI is InChI=1S/C18H38N2S/c1-2-3-4-5-6-7-8-9-10-11-12-13-14-15-16-17-21-18(19)20/h2-17H2,1H3,(H3,19,20). The van der Waals surface area contributed by atoms with Gasteiger partial charge in [0.05, 0.1) is 0 Å². The second-order valence-corrected chi connectivity index (χ2v) is 7.30. The highest BCUT2D eigenvalue weighted by Crippen LogP contribution is 2.14. The predicted molar refractivity (Wildman–Crippen MR) is 99.3 cm³/mol. The maximum absolute atomic E-state index is 7.12. The molecule has 0 unspecified atom stereocenters. The summed E-state index contributed by atoms with van der Waals surface area (Å²) in [5.41, 5.74) is 5.30. The molecule has 0 amide bonds. The monoisotopic (exact) mass is 314 g/mol. The number of hydrogen-bond acceptors (Lipinski definition) is 2. The molecule has 0 aromatic heterocycles. The first-order chi connectivity index (χ1) is 10.3. The maximum atomic E-state index is 7.12. The Bertz CT molecular complexity index is 219. The Morgan fingerprint density at radius 1 is 0.667 bits per heavy atom. The molecular weight excluding hydrogens is 276 g/mol. The molecule has 126 valence electrons. The third-order valence-electron chi connectivity index (χ3n) is 4.01. The van der Waals surface area contributed by atoms with Gasteiger partial charge in [0.1, 0.15) is 0 Å². The van der Waals surface area contributed by atoms with Crippen LogP contribution in [-0.4, -0.2) is 10.9 Å². The SMILES string of the molecule is CCCCCCCCCCCCCCCCCSC(=N)N. The molecule has 0 fully saturated rings. The minimum atomic E-state index is 0.264. The lowest BCUT2D eigenvalue weighted by Crippen LogP contribution is -2.04. The van der Waals surface area contributed by atoms with Crippen molar-refractivity contribution in [3.63, 3.8) is 0 Å². The van der Waals surface area contributed by atoms with Crippen molar-refractivity contribution in [2.75, 3.05) is 5.75 Å². The zero-order valence-corrected chi connectivity index (χ0v) is 15.1. The molecule has 0 heterocycles. The molecule has 0 aromatic rings. The van der Waals surface area contributed by atoms with Crippen LogP contribution in [-0.2, 0) is 0 Å². The zero-order chi connectivity index (χ0) is 15.6. The molecule has 0 aliphatic rings. The van der Waals surface area contributed by atoms with E-state index in [0.29, 0.717) is 0 Å². The van der Waals surface area contributed by atoms with E-state index in [-0.39, 0.29) is 5.17 Å². The Morgan fingerprint density at radius 2 is 1.00 bits per heavy atom. The van der Waals surface area contributed by atoms with Crippen LogP contribution in [0.4, 0.5) is 0 Å². The molecule has 0 saturated carbocycles. The van der Waals surface area contributed by atoms with Gasteiger partial charge in [0, 0.05) is 5.75 Å². The lowest BCUT2D eigenvalue weighted by Gasteiger charge is -2.03. The first kappa shape index (κ1) is 20.8. The molecule has 3 heteroatoms. The maximum Gasteiger partial charge on any atom is 0.151 e. The third kappa shape index (κ3) is 19.8. The Hall–Kier alpha value is -0.180. The van der Waals surface area contributed by atoms with E-state index in [1.807, 2.05) is 0 Å². The molecule has 0 aliphatic heterocycles. The first-order valence-corrected chi connectivity index (χ1v) is 10.2. The molecule has 0 radical (unpaired) electrons. The van der Waals surface area contributed by atoms with Crippen LogP contribution in [0.5, 0.6) is 0 Å². The van der Waals surface area contributed by atoms with Gasteiger partial charge in [0.25, 0.3) is 0 Å². The number of amidine groups is 1. The Labute approximate surface area is 137 Å². The number of unbranched alkanes of at least 4 members (excludes halogenated alkanes) is 14. The number of rotatable bonds is 16. The van der Waals surface area contributed by atoms with Crippen molar-refractivity contribution in [1.82, 2.24) is 0 Å². The Kier molecular flexibility index (Phi) is 17.7. The van der Waals surface area contributed by atoms with Crippen LogP contribution in [0, 0.1) is 5.41 Å². The van der Waals surface area contributed by atoms with E-state index in [2.05, 4.69) is 6.92 Å². The van der Waals surface area contributed by atoms with Gasteiger partial charge in [-0.3, -0.25) is 5.41 Å². The van der Waals surface area contributed by atoms with Gasteiger partial charge in [0.15, 0.2) is 5.17 Å². The summed E-state index contributed by atoms with van der Waals surface area (Å²) in [4.78, 5) is 0. The van der Waals surface area contributed by atoms with Crippen molar-refractivity contribution in [2.24, 2.45) is 5.73 Å². The van der Waals surface area contributed by atoms with Gasteiger partial charge in [-0.25, -0.2) is 0 Å². The highest BCUT2D eigenvalue weighted by Gasteiger charge is 1.95. The second-order valence-electron chi connectivity index (χ2n) is 6.16. The summed E-state index contributed by atoms with van der Waals surface area (Å²) in [5.74, 6) is 1.02. The number of thioether (sulfide) groups is 1. The average Bonchev–Trinajstić information content (AvgIpc) is 2.46. The number of nitrogens with two attached hydrogens (primary N) is 1. The summed E-state index contributed by atoms with van der Waals surface area (Å²) >= 11 is 1.48. The molecular formula is C18H38N2S. The molecule has 0 rings (SSSR count). The molecule has 0 aliphatic carbocycles. The zero-order valence-electron chi connectivity index (χ0n) is 14.3. The smallest absolute Gasteiger partial charge is 0.151 e. The van der Waals surface area contributed by atoms with Crippen molar-refractivity contribution in [2.45, 2.75) is 103 Å². The topological polar surface area (TPSA) is 49.9 Å². The highest BCUT2D eigenvalue weighted by atomic mass is 32.2. The third-order valence-corrected chi connectivity index (χ3v) is 4.81. The van der Waals surface area contributed by atoms with Crippen molar-refractivity contribution in [1.29, 1.82) is 5.41 Å². The van der Waals surface area contributed by atoms with E-state index in [1.54, 1.807) is 0 Å². The summed E-state index contributed by atoms with van der Waals surface area (Å²) in [6.07, 6.45) is 21.0. The summed E-state index contributed by atoms with van der Waals surface area (Å²) in [6.45, 7) is 2.28. The van der Waals surface area contributed by atoms with Gasteiger partial charge in [-0.05, 0) is 6.42 Å². The van der Waals surface area contributed by atoms with Crippen LogP contribution in [0.25, 0.3) is 0 Å². The molecule has 0 bridgehead atoms. The van der Waals surface area contributed by atoms with E-state index in [9.17, 15) is 0 Å². The van der Waals surface area contributed by atoms with Crippen LogP contribution in [0.15, 0.2) is 0 Å². The molecule has 21 heavy (non-hydrogen) atoms. The molecule has 0 spiro atoms. The largest absolute Gasteiger partial charge is 0.379 e. The van der Waals surface area contributed by atoms with Crippen molar-refractivity contribution < 1.29 is 0 Å². The normalized spacial score (nSPS) is 10.9. The van der Waals surface area contributed by atoms with Crippen molar-refractivity contribution in [3.05, 3.63) is 0 Å². The minimum absolute atomic E-state index is 0.264. The summed E-state index contributed by atoms with van der Waals surface area (Å²) in [6, 6.07) is 0. The van der Waals surface area contributed by atoms with E-state index in [1.165, 1.54) is 108 Å². The van der Waals surface area contributed by atoms with Gasteiger partial charge in [-0.2, -0.15) is 0 Å². The van der Waals surface area contributed by atoms with Gasteiger partial charge < -0.3 is 5.73 Å². The fraction of sp³-hybridized carbons (Fsp3) is 0.944. The molecule has 2 nitrogen and oxygen atoms in total. The average molecular weight is 315 g/mol. The number of nitrogens with one attached hydrogen (secondary N) is 1. The summed E-state index contributed by atoms with van der Waals surface area (Å²) in [5, 5.41) is 7.38. The van der Waals surface area contributed by atoms with E-state index < -0.39 is 0 Å². The van der Waals surface area contributed by atoms with Gasteiger partial charge in [0.2, 0.25) is 0 Å². The quantitative estimate of drug-likeness (QED) is 0.194. The first-order valence-electron chi connectivity index (χ1n) is 9.24. The van der Waals surface area contributed by atoms with Gasteiger partial charge in [-0.15, -0.1) is 0 Å². The van der Waals surface area contributed by atoms with Crippen molar-refractivity contribution >= 4 is 16.9 Å². The van der Waals surface area contributed by atoms with Crippen LogP contribution in [0.2, 0.25) is 0 Å².